The molecule has 0 atom stereocenters. The van der Waals surface area contributed by atoms with E-state index >= 15 is 0 Å². The van der Waals surface area contributed by atoms with Gasteiger partial charge in [-0.05, 0) is 36.4 Å². The van der Waals surface area contributed by atoms with Crippen molar-refractivity contribution >= 4 is 10.8 Å². The van der Waals surface area contributed by atoms with Crippen molar-refractivity contribution in [2.24, 2.45) is 0 Å². The lowest BCUT2D eigenvalue weighted by molar-refractivity contribution is 0.432. The fourth-order valence-electron chi connectivity index (χ4n) is 3.23. The quantitative estimate of drug-likeness (QED) is 0.465. The Morgan fingerprint density at radius 1 is 0.931 bits per heavy atom. The molecule has 0 N–H and O–H groups in total. The predicted molar refractivity (Wildman–Crippen MR) is 106 cm³/mol. The highest BCUT2D eigenvalue weighted by molar-refractivity contribution is 5.94. The average molecular weight is 384 g/mol. The van der Waals surface area contributed by atoms with Gasteiger partial charge in [0.05, 0.1) is 11.3 Å². The first-order valence-electron chi connectivity index (χ1n) is 8.85. The zero-order valence-electron chi connectivity index (χ0n) is 15.0. The molecule has 5 rings (SSSR count). The van der Waals surface area contributed by atoms with Crippen molar-refractivity contribution in [3.05, 3.63) is 95.4 Å². The van der Waals surface area contributed by atoms with Gasteiger partial charge in [0.1, 0.15) is 5.82 Å². The van der Waals surface area contributed by atoms with Crippen molar-refractivity contribution in [1.29, 1.82) is 0 Å². The molecule has 0 bridgehead atoms. The Kier molecular flexibility index (Phi) is 3.98. The maximum Gasteiger partial charge on any atom is 0.262 e. The summed E-state index contributed by atoms with van der Waals surface area (Å²) in [6.45, 7) is 0. The molecule has 140 valence electrons. The van der Waals surface area contributed by atoms with E-state index in [1.165, 1.54) is 16.7 Å². The van der Waals surface area contributed by atoms with Crippen LogP contribution >= 0.6 is 0 Å². The normalized spacial score (nSPS) is 11.1. The van der Waals surface area contributed by atoms with Gasteiger partial charge in [-0.2, -0.15) is 4.98 Å². The van der Waals surface area contributed by atoms with E-state index in [-0.39, 0.29) is 11.4 Å². The molecule has 0 aliphatic heterocycles. The van der Waals surface area contributed by atoms with E-state index in [2.05, 4.69) is 15.1 Å². The number of hydrogen-bond donors (Lipinski definition) is 0. The Balaban J connectivity index is 1.75. The van der Waals surface area contributed by atoms with Crippen LogP contribution in [0, 0.1) is 5.82 Å². The SMILES string of the molecule is O=c1c2ccccc2c(-c2nc(-c3ccncc3)no2)cn1-c1cccc(F)c1. The van der Waals surface area contributed by atoms with Crippen molar-refractivity contribution in [2.75, 3.05) is 0 Å². The molecule has 0 saturated heterocycles. The Labute approximate surface area is 163 Å². The summed E-state index contributed by atoms with van der Waals surface area (Å²) < 4.78 is 20.6. The lowest BCUT2D eigenvalue weighted by Crippen LogP contribution is -2.18. The third kappa shape index (κ3) is 2.98. The average Bonchev–Trinajstić information content (AvgIpc) is 3.25. The maximum absolute atomic E-state index is 13.8. The third-order valence-electron chi connectivity index (χ3n) is 4.61. The van der Waals surface area contributed by atoms with E-state index in [4.69, 9.17) is 4.52 Å². The number of nitrogens with zero attached hydrogens (tertiary/aromatic N) is 4. The molecule has 7 heteroatoms. The summed E-state index contributed by atoms with van der Waals surface area (Å²) in [7, 11) is 0. The number of fused-ring (bicyclic) bond motifs is 1. The number of rotatable bonds is 3. The van der Waals surface area contributed by atoms with Gasteiger partial charge in [-0.15, -0.1) is 0 Å². The van der Waals surface area contributed by atoms with E-state index in [9.17, 15) is 9.18 Å². The molecular formula is C22H13FN4O2. The van der Waals surface area contributed by atoms with E-state index in [1.54, 1.807) is 55.0 Å². The summed E-state index contributed by atoms with van der Waals surface area (Å²) in [6.07, 6.45) is 4.89. The molecule has 0 aliphatic carbocycles. The molecule has 0 aliphatic rings. The zero-order valence-corrected chi connectivity index (χ0v) is 15.0. The molecular weight excluding hydrogens is 371 g/mol. The zero-order chi connectivity index (χ0) is 19.8. The molecule has 5 aromatic rings. The largest absolute Gasteiger partial charge is 0.334 e. The Bertz CT molecular complexity index is 1390. The van der Waals surface area contributed by atoms with Crippen molar-refractivity contribution in [3.8, 4) is 28.5 Å². The van der Waals surface area contributed by atoms with Crippen LogP contribution in [0.4, 0.5) is 4.39 Å². The van der Waals surface area contributed by atoms with Crippen LogP contribution in [-0.4, -0.2) is 19.7 Å². The topological polar surface area (TPSA) is 73.8 Å². The van der Waals surface area contributed by atoms with Gasteiger partial charge in [0, 0.05) is 34.9 Å². The van der Waals surface area contributed by atoms with Crippen molar-refractivity contribution in [2.45, 2.75) is 0 Å². The smallest absolute Gasteiger partial charge is 0.262 e. The van der Waals surface area contributed by atoms with Gasteiger partial charge in [0.15, 0.2) is 0 Å². The number of halogens is 1. The van der Waals surface area contributed by atoms with Gasteiger partial charge in [-0.1, -0.05) is 29.4 Å². The lowest BCUT2D eigenvalue weighted by Gasteiger charge is -2.10. The maximum atomic E-state index is 13.8. The van der Waals surface area contributed by atoms with Gasteiger partial charge >= 0.3 is 0 Å². The van der Waals surface area contributed by atoms with E-state index < -0.39 is 5.82 Å². The Morgan fingerprint density at radius 2 is 1.72 bits per heavy atom. The molecule has 0 fully saturated rings. The molecule has 3 heterocycles. The predicted octanol–water partition coefficient (Wildman–Crippen LogP) is 4.24. The molecule has 0 saturated carbocycles. The van der Waals surface area contributed by atoms with Crippen LogP contribution in [0.5, 0.6) is 0 Å². The lowest BCUT2D eigenvalue weighted by atomic mass is 10.1. The van der Waals surface area contributed by atoms with Gasteiger partial charge in [-0.3, -0.25) is 14.3 Å². The standard InChI is InChI=1S/C22H13FN4O2/c23-15-4-3-5-16(12-15)27-13-19(17-6-1-2-7-18(17)22(27)28)21-25-20(26-29-21)14-8-10-24-11-9-14/h1-13H. The first kappa shape index (κ1) is 17.0. The first-order valence-corrected chi connectivity index (χ1v) is 8.85. The number of hydrogen-bond acceptors (Lipinski definition) is 5. The van der Waals surface area contributed by atoms with Gasteiger partial charge in [-0.25, -0.2) is 4.39 Å². The van der Waals surface area contributed by atoms with Gasteiger partial charge in [0.2, 0.25) is 5.82 Å². The first-order chi connectivity index (χ1) is 14.2. The van der Waals surface area contributed by atoms with Crippen LogP contribution in [-0.2, 0) is 0 Å². The second-order valence-electron chi connectivity index (χ2n) is 6.40. The minimum atomic E-state index is -0.429. The summed E-state index contributed by atoms with van der Waals surface area (Å²) in [4.78, 5) is 21.5. The molecule has 0 spiro atoms. The Morgan fingerprint density at radius 3 is 2.52 bits per heavy atom. The van der Waals surface area contributed by atoms with E-state index in [0.29, 0.717) is 27.8 Å². The van der Waals surface area contributed by atoms with Gasteiger partial charge in [0.25, 0.3) is 11.4 Å². The van der Waals surface area contributed by atoms with Crippen LogP contribution in [0.3, 0.4) is 0 Å². The fourth-order valence-corrected chi connectivity index (χ4v) is 3.23. The highest BCUT2D eigenvalue weighted by Gasteiger charge is 2.17. The molecule has 2 aromatic carbocycles. The summed E-state index contributed by atoms with van der Waals surface area (Å²) in [5, 5.41) is 5.19. The molecule has 0 unspecified atom stereocenters. The van der Waals surface area contributed by atoms with Crippen LogP contribution in [0.15, 0.2) is 88.6 Å². The summed E-state index contributed by atoms with van der Waals surface area (Å²) >= 11 is 0. The molecule has 29 heavy (non-hydrogen) atoms. The van der Waals surface area contributed by atoms with Crippen LogP contribution < -0.4 is 5.56 Å². The van der Waals surface area contributed by atoms with E-state index in [1.807, 2.05) is 12.1 Å². The monoisotopic (exact) mass is 384 g/mol. The number of aromatic nitrogens is 4. The number of pyridine rings is 2. The summed E-state index contributed by atoms with van der Waals surface area (Å²) in [5.41, 5.74) is 1.50. The molecule has 0 radical (unpaired) electrons. The highest BCUT2D eigenvalue weighted by Crippen LogP contribution is 2.28. The minimum absolute atomic E-state index is 0.260. The Hall–Kier alpha value is -4.13. The fraction of sp³-hybridized carbons (Fsp3) is 0. The molecule has 0 amide bonds. The third-order valence-corrected chi connectivity index (χ3v) is 4.61. The molecule has 3 aromatic heterocycles. The minimum Gasteiger partial charge on any atom is -0.334 e. The molecule has 6 nitrogen and oxygen atoms in total. The van der Waals surface area contributed by atoms with Crippen LogP contribution in [0.1, 0.15) is 0 Å². The second kappa shape index (κ2) is 6.79. The van der Waals surface area contributed by atoms with Crippen LogP contribution in [0.2, 0.25) is 0 Å². The van der Waals surface area contributed by atoms with Crippen molar-refractivity contribution < 1.29 is 8.91 Å². The number of benzene rings is 2. The van der Waals surface area contributed by atoms with Crippen LogP contribution in [0.25, 0.3) is 39.3 Å². The second-order valence-corrected chi connectivity index (χ2v) is 6.40. The van der Waals surface area contributed by atoms with Crippen molar-refractivity contribution in [3.63, 3.8) is 0 Å². The summed E-state index contributed by atoms with van der Waals surface area (Å²) in [6, 6.07) is 16.6. The van der Waals surface area contributed by atoms with E-state index in [0.717, 1.165) is 5.56 Å². The van der Waals surface area contributed by atoms with Crippen molar-refractivity contribution in [1.82, 2.24) is 19.7 Å². The summed E-state index contributed by atoms with van der Waals surface area (Å²) in [5.74, 6) is 0.245. The van der Waals surface area contributed by atoms with Gasteiger partial charge < -0.3 is 4.52 Å². The highest BCUT2D eigenvalue weighted by atomic mass is 19.1.